The van der Waals surface area contributed by atoms with Crippen molar-refractivity contribution in [3.05, 3.63) is 95.3 Å². The molecule has 3 fully saturated rings. The van der Waals surface area contributed by atoms with E-state index >= 15 is 0 Å². The van der Waals surface area contributed by atoms with Gasteiger partial charge >= 0.3 is 0 Å². The fourth-order valence-electron chi connectivity index (χ4n) is 8.57. The van der Waals surface area contributed by atoms with Crippen LogP contribution >= 0.6 is 0 Å². The molecule has 3 aromatic carbocycles. The van der Waals surface area contributed by atoms with Crippen LogP contribution in [-0.4, -0.2) is 71.6 Å². The number of carbonyl (C=O) groups excluding carboxylic acids is 1. The van der Waals surface area contributed by atoms with E-state index < -0.39 is 21.7 Å². The number of anilines is 1. The molecule has 47 heavy (non-hydrogen) atoms. The van der Waals surface area contributed by atoms with Crippen molar-refractivity contribution in [3.8, 4) is 0 Å². The Hall–Kier alpha value is -3.83. The molecule has 1 amide bonds. The molecule has 0 aliphatic carbocycles. The molecule has 7 rings (SSSR count). The second kappa shape index (κ2) is 12.3. The molecule has 0 saturated carbocycles. The minimum Gasteiger partial charge on any atom is -0.338 e. The zero-order valence-electron chi connectivity index (χ0n) is 26.8. The van der Waals surface area contributed by atoms with Gasteiger partial charge in [0.25, 0.3) is 5.91 Å². The molecule has 4 heterocycles. The number of benzene rings is 3. The largest absolute Gasteiger partial charge is 0.338 e. The first-order valence-electron chi connectivity index (χ1n) is 16.5. The topological polar surface area (TPSA) is 87.5 Å². The van der Waals surface area contributed by atoms with Crippen molar-refractivity contribution >= 4 is 32.7 Å². The number of fused-ring (bicyclic) bond motifs is 3. The Morgan fingerprint density at radius 3 is 2.36 bits per heavy atom. The molecule has 248 valence electrons. The molecule has 3 aliphatic rings. The third-order valence-corrected chi connectivity index (χ3v) is 11.4. The normalized spacial score (nSPS) is 22.9. The molecule has 11 heteroatoms. The van der Waals surface area contributed by atoms with Crippen LogP contribution in [0, 0.1) is 18.6 Å². The lowest BCUT2D eigenvalue weighted by molar-refractivity contribution is 0.0602. The molecule has 2 bridgehead atoms. The van der Waals surface area contributed by atoms with Crippen LogP contribution in [0.2, 0.25) is 0 Å². The lowest BCUT2D eigenvalue weighted by Crippen LogP contribution is -2.49. The predicted molar refractivity (Wildman–Crippen MR) is 179 cm³/mol. The first-order chi connectivity index (χ1) is 22.5. The SMILES string of the molecule is Cc1nc2ccccc2n1C1C[C@H]2CC[C@@H](C1)N2CCC1(c2cccc(F)c2)CCN(C(=O)c2ccc(NS(C)(=O)=O)cc2F)CC1. The number of para-hydroxylation sites is 2. The van der Waals surface area contributed by atoms with Crippen LogP contribution in [0.15, 0.2) is 66.7 Å². The highest BCUT2D eigenvalue weighted by Gasteiger charge is 2.44. The minimum atomic E-state index is -3.58. The average molecular weight is 662 g/mol. The van der Waals surface area contributed by atoms with Gasteiger partial charge in [-0.2, -0.15) is 0 Å². The van der Waals surface area contributed by atoms with E-state index in [9.17, 15) is 22.0 Å². The van der Waals surface area contributed by atoms with Crippen molar-refractivity contribution < 1.29 is 22.0 Å². The summed E-state index contributed by atoms with van der Waals surface area (Å²) in [4.78, 5) is 22.6. The fourth-order valence-corrected chi connectivity index (χ4v) is 9.12. The Kier molecular flexibility index (Phi) is 8.32. The molecule has 1 N–H and O–H groups in total. The van der Waals surface area contributed by atoms with E-state index in [1.807, 2.05) is 12.1 Å². The summed E-state index contributed by atoms with van der Waals surface area (Å²) in [5, 5.41) is 0. The zero-order valence-corrected chi connectivity index (χ0v) is 27.6. The number of aryl methyl sites for hydroxylation is 1. The van der Waals surface area contributed by atoms with Crippen LogP contribution < -0.4 is 4.72 Å². The number of imidazole rings is 1. The summed E-state index contributed by atoms with van der Waals surface area (Å²) in [6.07, 6.45) is 7.63. The van der Waals surface area contributed by atoms with Crippen LogP contribution in [-0.2, 0) is 15.4 Å². The van der Waals surface area contributed by atoms with Crippen molar-refractivity contribution in [1.82, 2.24) is 19.4 Å². The van der Waals surface area contributed by atoms with Gasteiger partial charge in [0.15, 0.2) is 0 Å². The third kappa shape index (κ3) is 6.27. The summed E-state index contributed by atoms with van der Waals surface area (Å²) in [5.41, 5.74) is 2.86. The molecular weight excluding hydrogens is 620 g/mol. The average Bonchev–Trinajstić information content (AvgIpc) is 3.49. The highest BCUT2D eigenvalue weighted by Crippen LogP contribution is 2.45. The van der Waals surface area contributed by atoms with Gasteiger partial charge in [0.2, 0.25) is 10.0 Å². The Morgan fingerprint density at radius 2 is 1.68 bits per heavy atom. The monoisotopic (exact) mass is 661 g/mol. The van der Waals surface area contributed by atoms with Gasteiger partial charge in [-0.05, 0) is 112 Å². The summed E-state index contributed by atoms with van der Waals surface area (Å²) in [6.45, 7) is 3.84. The number of hydrogen-bond donors (Lipinski definition) is 1. The first kappa shape index (κ1) is 31.8. The van der Waals surface area contributed by atoms with Gasteiger partial charge in [0.05, 0.1) is 28.5 Å². The lowest BCUT2D eigenvalue weighted by Gasteiger charge is -2.45. The van der Waals surface area contributed by atoms with Crippen molar-refractivity contribution in [1.29, 1.82) is 0 Å². The van der Waals surface area contributed by atoms with E-state index in [0.29, 0.717) is 44.1 Å². The van der Waals surface area contributed by atoms with E-state index in [2.05, 4.69) is 39.3 Å². The molecule has 3 saturated heterocycles. The summed E-state index contributed by atoms with van der Waals surface area (Å²) < 4.78 is 57.3. The molecule has 1 aromatic heterocycles. The summed E-state index contributed by atoms with van der Waals surface area (Å²) in [6, 6.07) is 20.4. The Bertz CT molecular complexity index is 1910. The maximum atomic E-state index is 15.0. The van der Waals surface area contributed by atoms with Gasteiger partial charge in [-0.1, -0.05) is 24.3 Å². The number of amides is 1. The number of piperidine rings is 2. The third-order valence-electron chi connectivity index (χ3n) is 10.8. The van der Waals surface area contributed by atoms with E-state index in [-0.39, 0.29) is 22.5 Å². The van der Waals surface area contributed by atoms with Gasteiger partial charge in [-0.3, -0.25) is 14.4 Å². The number of likely N-dealkylation sites (tertiary alicyclic amines) is 1. The van der Waals surface area contributed by atoms with Crippen LogP contribution in [0.4, 0.5) is 14.5 Å². The number of hydrogen-bond acceptors (Lipinski definition) is 5. The summed E-state index contributed by atoms with van der Waals surface area (Å²) in [7, 11) is -3.58. The number of nitrogens with zero attached hydrogens (tertiary/aromatic N) is 4. The maximum absolute atomic E-state index is 15.0. The second-order valence-electron chi connectivity index (χ2n) is 13.7. The number of halogens is 2. The van der Waals surface area contributed by atoms with Crippen molar-refractivity contribution in [2.75, 3.05) is 30.6 Å². The zero-order chi connectivity index (χ0) is 32.9. The molecule has 3 atom stereocenters. The highest BCUT2D eigenvalue weighted by molar-refractivity contribution is 7.92. The van der Waals surface area contributed by atoms with E-state index in [1.165, 1.54) is 36.6 Å². The van der Waals surface area contributed by atoms with Crippen molar-refractivity contribution in [2.45, 2.75) is 75.4 Å². The van der Waals surface area contributed by atoms with Crippen molar-refractivity contribution in [2.24, 2.45) is 0 Å². The van der Waals surface area contributed by atoms with E-state index in [4.69, 9.17) is 4.98 Å². The van der Waals surface area contributed by atoms with Gasteiger partial charge in [-0.25, -0.2) is 22.2 Å². The number of sulfonamides is 1. The molecule has 4 aromatic rings. The number of aromatic nitrogens is 2. The quantitative estimate of drug-likeness (QED) is 0.235. The number of rotatable bonds is 8. The van der Waals surface area contributed by atoms with Crippen LogP contribution in [0.25, 0.3) is 11.0 Å². The van der Waals surface area contributed by atoms with E-state index in [0.717, 1.165) is 55.0 Å². The molecule has 8 nitrogen and oxygen atoms in total. The van der Waals surface area contributed by atoms with Crippen molar-refractivity contribution in [3.63, 3.8) is 0 Å². The summed E-state index contributed by atoms with van der Waals surface area (Å²) >= 11 is 0. The smallest absolute Gasteiger partial charge is 0.256 e. The Balaban J connectivity index is 1.06. The van der Waals surface area contributed by atoms with Gasteiger partial charge < -0.3 is 9.47 Å². The lowest BCUT2D eigenvalue weighted by atomic mass is 9.70. The predicted octanol–water partition coefficient (Wildman–Crippen LogP) is 6.43. The van der Waals surface area contributed by atoms with Gasteiger partial charge in [0, 0.05) is 31.2 Å². The molecule has 0 radical (unpaired) electrons. The molecular formula is C36H41F2N5O3S. The summed E-state index contributed by atoms with van der Waals surface area (Å²) in [5.74, 6) is -0.405. The number of carbonyl (C=O) groups is 1. The fraction of sp³-hybridized carbons (Fsp3) is 0.444. The van der Waals surface area contributed by atoms with Gasteiger partial charge in [-0.15, -0.1) is 0 Å². The van der Waals surface area contributed by atoms with Gasteiger partial charge in [0.1, 0.15) is 17.5 Å². The molecule has 0 spiro atoms. The minimum absolute atomic E-state index is 0.0665. The maximum Gasteiger partial charge on any atom is 0.256 e. The second-order valence-corrected chi connectivity index (χ2v) is 15.4. The van der Waals surface area contributed by atoms with Crippen LogP contribution in [0.1, 0.15) is 72.7 Å². The van der Waals surface area contributed by atoms with E-state index in [1.54, 1.807) is 17.0 Å². The van der Waals surface area contributed by atoms with Crippen LogP contribution in [0.3, 0.4) is 0 Å². The standard InChI is InChI=1S/C36H41F2N5O3S/c1-24-39-33-8-3-4-9-34(33)43(24)30-22-28-11-12-29(23-30)42(28)19-16-36(25-6-5-7-26(37)20-25)14-17-41(18-15-36)35(44)31-13-10-27(21-32(31)38)40-47(2,45)46/h3-10,13,20-21,28-30,40H,11-12,14-19,22-23H2,1-2H3/t28-,29+,30?. The molecule has 1 unspecified atom stereocenters. The van der Waals surface area contributed by atoms with Crippen LogP contribution in [0.5, 0.6) is 0 Å². The Morgan fingerprint density at radius 1 is 0.957 bits per heavy atom. The Labute approximate surface area is 274 Å². The highest BCUT2D eigenvalue weighted by atomic mass is 32.2. The first-order valence-corrected chi connectivity index (χ1v) is 18.4. The number of nitrogens with one attached hydrogen (secondary N) is 1. The molecule has 3 aliphatic heterocycles.